The summed E-state index contributed by atoms with van der Waals surface area (Å²) in [5.41, 5.74) is 1.08. The average molecular weight is 224 g/mol. The van der Waals surface area contributed by atoms with Crippen LogP contribution < -0.4 is 5.32 Å². The quantitative estimate of drug-likeness (QED) is 0.853. The molecule has 0 bridgehead atoms. The Hall–Kier alpha value is -0.870. The fourth-order valence-electron chi connectivity index (χ4n) is 1.96. The minimum absolute atomic E-state index is 0.117. The summed E-state index contributed by atoms with van der Waals surface area (Å²) in [5, 5.41) is 3.36. The van der Waals surface area contributed by atoms with Gasteiger partial charge in [-0.2, -0.15) is 0 Å². The lowest BCUT2D eigenvalue weighted by molar-refractivity contribution is 0.0676. The molecule has 16 heavy (non-hydrogen) atoms. The van der Waals surface area contributed by atoms with E-state index in [2.05, 4.69) is 31.1 Å². The Morgan fingerprint density at radius 1 is 1.50 bits per heavy atom. The van der Waals surface area contributed by atoms with Crippen LogP contribution in [0.15, 0.2) is 4.42 Å². The van der Waals surface area contributed by atoms with Crippen LogP contribution in [0.25, 0.3) is 0 Å². The number of morpholine rings is 1. The molecule has 0 aliphatic carbocycles. The predicted molar refractivity (Wildman–Crippen MR) is 61.5 cm³/mol. The molecule has 1 aliphatic rings. The highest BCUT2D eigenvalue weighted by molar-refractivity contribution is 5.15. The minimum Gasteiger partial charge on any atom is -0.443 e. The zero-order valence-electron chi connectivity index (χ0n) is 10.2. The van der Waals surface area contributed by atoms with E-state index in [0.29, 0.717) is 12.5 Å². The van der Waals surface area contributed by atoms with E-state index in [4.69, 9.17) is 9.15 Å². The number of nitrogens with one attached hydrogen (secondary N) is 1. The summed E-state index contributed by atoms with van der Waals surface area (Å²) in [6.45, 7) is 8.67. The number of rotatable bonds is 3. The molecule has 0 spiro atoms. The highest BCUT2D eigenvalue weighted by Gasteiger charge is 2.23. The van der Waals surface area contributed by atoms with Gasteiger partial charge < -0.3 is 14.5 Å². The molecule has 90 valence electrons. The maximum Gasteiger partial charge on any atom is 0.214 e. The molecule has 2 rings (SSSR count). The van der Waals surface area contributed by atoms with E-state index >= 15 is 0 Å². The number of oxazole rings is 1. The van der Waals surface area contributed by atoms with E-state index in [-0.39, 0.29) is 6.04 Å². The first kappa shape index (κ1) is 11.6. The fraction of sp³-hybridized carbons (Fsp3) is 0.750. The van der Waals surface area contributed by atoms with Gasteiger partial charge in [0.1, 0.15) is 11.8 Å². The minimum atomic E-state index is 0.117. The van der Waals surface area contributed by atoms with Crippen molar-refractivity contribution in [1.82, 2.24) is 10.3 Å². The van der Waals surface area contributed by atoms with Crippen LogP contribution in [-0.4, -0.2) is 24.7 Å². The van der Waals surface area contributed by atoms with Crippen LogP contribution in [0.1, 0.15) is 50.1 Å². The first-order valence-electron chi connectivity index (χ1n) is 6.03. The molecule has 1 atom stereocenters. The molecule has 4 heteroatoms. The van der Waals surface area contributed by atoms with Crippen molar-refractivity contribution in [2.24, 2.45) is 0 Å². The van der Waals surface area contributed by atoms with Gasteiger partial charge in [0.05, 0.1) is 18.9 Å². The molecule has 1 aromatic heterocycles. The highest BCUT2D eigenvalue weighted by Crippen LogP contribution is 2.25. The molecule has 1 unspecified atom stereocenters. The number of aryl methyl sites for hydroxylation is 1. The van der Waals surface area contributed by atoms with Gasteiger partial charge in [0, 0.05) is 12.5 Å². The van der Waals surface area contributed by atoms with E-state index in [1.807, 2.05) is 0 Å². The van der Waals surface area contributed by atoms with Crippen LogP contribution in [0.4, 0.5) is 0 Å². The SMILES string of the molecule is CCc1nc(C2COCCN2)oc1C(C)C. The first-order chi connectivity index (χ1) is 7.72. The smallest absolute Gasteiger partial charge is 0.214 e. The lowest BCUT2D eigenvalue weighted by atomic mass is 10.1. The molecule has 1 fully saturated rings. The predicted octanol–water partition coefficient (Wildman–Crippen LogP) is 2.02. The van der Waals surface area contributed by atoms with Crippen LogP contribution >= 0.6 is 0 Å². The van der Waals surface area contributed by atoms with Crippen LogP contribution in [0.3, 0.4) is 0 Å². The fourth-order valence-corrected chi connectivity index (χ4v) is 1.96. The molecule has 0 saturated carbocycles. The molecule has 0 aromatic carbocycles. The monoisotopic (exact) mass is 224 g/mol. The zero-order valence-corrected chi connectivity index (χ0v) is 10.2. The van der Waals surface area contributed by atoms with Gasteiger partial charge in [-0.25, -0.2) is 4.98 Å². The van der Waals surface area contributed by atoms with Gasteiger partial charge in [-0.15, -0.1) is 0 Å². The van der Waals surface area contributed by atoms with Crippen LogP contribution in [0.2, 0.25) is 0 Å². The summed E-state index contributed by atoms with van der Waals surface area (Å²) >= 11 is 0. The van der Waals surface area contributed by atoms with Crippen LogP contribution in [0, 0.1) is 0 Å². The van der Waals surface area contributed by atoms with Gasteiger partial charge in [-0.05, 0) is 6.42 Å². The molecular weight excluding hydrogens is 204 g/mol. The van der Waals surface area contributed by atoms with E-state index < -0.39 is 0 Å². The van der Waals surface area contributed by atoms with Gasteiger partial charge in [0.2, 0.25) is 5.89 Å². The zero-order chi connectivity index (χ0) is 11.5. The van der Waals surface area contributed by atoms with Crippen LogP contribution in [0.5, 0.6) is 0 Å². The van der Waals surface area contributed by atoms with Crippen molar-refractivity contribution in [2.75, 3.05) is 19.8 Å². The molecule has 2 heterocycles. The lowest BCUT2D eigenvalue weighted by Crippen LogP contribution is -2.34. The molecule has 1 saturated heterocycles. The Morgan fingerprint density at radius 3 is 2.81 bits per heavy atom. The normalized spacial score (nSPS) is 21.6. The van der Waals surface area contributed by atoms with Crippen molar-refractivity contribution in [3.8, 4) is 0 Å². The van der Waals surface area contributed by atoms with Crippen molar-refractivity contribution in [2.45, 2.75) is 39.2 Å². The maximum atomic E-state index is 5.85. The lowest BCUT2D eigenvalue weighted by Gasteiger charge is -2.20. The Balaban J connectivity index is 2.20. The van der Waals surface area contributed by atoms with Gasteiger partial charge in [-0.1, -0.05) is 20.8 Å². The maximum absolute atomic E-state index is 5.85. The van der Waals surface area contributed by atoms with Crippen molar-refractivity contribution in [3.05, 3.63) is 17.3 Å². The van der Waals surface area contributed by atoms with Gasteiger partial charge in [0.25, 0.3) is 0 Å². The molecule has 1 N–H and O–H groups in total. The van der Waals surface area contributed by atoms with Crippen molar-refractivity contribution >= 4 is 0 Å². The third kappa shape index (κ3) is 2.28. The van der Waals surface area contributed by atoms with Gasteiger partial charge in [0.15, 0.2) is 0 Å². The second kappa shape index (κ2) is 4.97. The van der Waals surface area contributed by atoms with Crippen LogP contribution in [-0.2, 0) is 11.2 Å². The van der Waals surface area contributed by atoms with Crippen molar-refractivity contribution < 1.29 is 9.15 Å². The summed E-state index contributed by atoms with van der Waals surface area (Å²) in [5.74, 6) is 2.19. The summed E-state index contributed by atoms with van der Waals surface area (Å²) < 4.78 is 11.3. The second-order valence-corrected chi connectivity index (χ2v) is 4.45. The third-order valence-corrected chi connectivity index (χ3v) is 2.82. The topological polar surface area (TPSA) is 47.3 Å². The molecular formula is C12H20N2O2. The van der Waals surface area contributed by atoms with Crippen molar-refractivity contribution in [3.63, 3.8) is 0 Å². The number of hydrogen-bond donors (Lipinski definition) is 1. The number of nitrogens with zero attached hydrogens (tertiary/aromatic N) is 1. The van der Waals surface area contributed by atoms with E-state index in [9.17, 15) is 0 Å². The number of aromatic nitrogens is 1. The van der Waals surface area contributed by atoms with E-state index in [1.54, 1.807) is 0 Å². The first-order valence-corrected chi connectivity index (χ1v) is 6.03. The largest absolute Gasteiger partial charge is 0.443 e. The molecule has 4 nitrogen and oxygen atoms in total. The van der Waals surface area contributed by atoms with Crippen molar-refractivity contribution in [1.29, 1.82) is 0 Å². The summed E-state index contributed by atoms with van der Waals surface area (Å²) in [4.78, 5) is 4.56. The van der Waals surface area contributed by atoms with E-state index in [1.165, 1.54) is 0 Å². The summed E-state index contributed by atoms with van der Waals surface area (Å²) in [7, 11) is 0. The average Bonchev–Trinajstić information content (AvgIpc) is 2.74. The molecule has 0 radical (unpaired) electrons. The molecule has 0 amide bonds. The highest BCUT2D eigenvalue weighted by atomic mass is 16.5. The third-order valence-electron chi connectivity index (χ3n) is 2.82. The Bertz CT molecular complexity index is 341. The second-order valence-electron chi connectivity index (χ2n) is 4.45. The number of hydrogen-bond acceptors (Lipinski definition) is 4. The summed E-state index contributed by atoms with van der Waals surface area (Å²) in [6, 6.07) is 0.117. The molecule has 1 aromatic rings. The Kier molecular flexibility index (Phi) is 3.61. The molecule has 1 aliphatic heterocycles. The Labute approximate surface area is 96.4 Å². The van der Waals surface area contributed by atoms with E-state index in [0.717, 1.165) is 36.9 Å². The van der Waals surface area contributed by atoms with Gasteiger partial charge >= 0.3 is 0 Å². The van der Waals surface area contributed by atoms with Gasteiger partial charge in [-0.3, -0.25) is 0 Å². The Morgan fingerprint density at radius 2 is 2.31 bits per heavy atom. The number of ether oxygens (including phenoxy) is 1. The summed E-state index contributed by atoms with van der Waals surface area (Å²) in [6.07, 6.45) is 0.921. The standard InChI is InChI=1S/C12H20N2O2/c1-4-9-11(8(2)3)16-12(14-9)10-7-15-6-5-13-10/h8,10,13H,4-7H2,1-3H3.